The highest BCUT2D eigenvalue weighted by Gasteiger charge is 2.17. The Kier molecular flexibility index (Phi) is 7.75. The van der Waals surface area contributed by atoms with Gasteiger partial charge in [0.25, 0.3) is 0 Å². The summed E-state index contributed by atoms with van der Waals surface area (Å²) < 4.78 is 2.60. The molecule has 0 unspecified atom stereocenters. The van der Waals surface area contributed by atoms with E-state index in [1.165, 1.54) is 85.9 Å². The summed E-state index contributed by atoms with van der Waals surface area (Å²) in [4.78, 5) is 2.39. The van der Waals surface area contributed by atoms with Crippen LogP contribution in [0.4, 0.5) is 17.1 Å². The molecule has 0 bridgehead atoms. The van der Waals surface area contributed by atoms with Crippen LogP contribution in [0.3, 0.4) is 0 Å². The highest BCUT2D eigenvalue weighted by molar-refractivity contribution is 7.25. The minimum Gasteiger partial charge on any atom is -0.310 e. The van der Waals surface area contributed by atoms with E-state index in [1.807, 2.05) is 11.3 Å². The van der Waals surface area contributed by atoms with Crippen molar-refractivity contribution in [3.63, 3.8) is 0 Å². The summed E-state index contributed by atoms with van der Waals surface area (Å²) in [6, 6.07) is 77.7. The van der Waals surface area contributed by atoms with Crippen molar-refractivity contribution in [1.29, 1.82) is 0 Å². The lowest BCUT2D eigenvalue weighted by Crippen LogP contribution is -2.09. The summed E-state index contributed by atoms with van der Waals surface area (Å²) in [7, 11) is 0. The first-order valence-corrected chi connectivity index (χ1v) is 20.0. The van der Waals surface area contributed by atoms with Crippen LogP contribution in [0.25, 0.3) is 85.9 Å². The summed E-state index contributed by atoms with van der Waals surface area (Å²) in [5.41, 5.74) is 10.7. The van der Waals surface area contributed by atoms with E-state index in [-0.39, 0.29) is 0 Å². The van der Waals surface area contributed by atoms with Gasteiger partial charge in [0.05, 0.1) is 0 Å². The predicted octanol–water partition coefficient (Wildman–Crippen LogP) is 16.0. The molecule has 11 aromatic rings. The second kappa shape index (κ2) is 13.4. The topological polar surface area (TPSA) is 3.24 Å². The molecule has 0 fully saturated rings. The number of fused-ring (bicyclic) bond motifs is 7. The third kappa shape index (κ3) is 5.54. The molecule has 56 heavy (non-hydrogen) atoms. The highest BCUT2D eigenvalue weighted by atomic mass is 32.1. The van der Waals surface area contributed by atoms with Gasteiger partial charge in [0.1, 0.15) is 0 Å². The zero-order chi connectivity index (χ0) is 37.0. The lowest BCUT2D eigenvalue weighted by Gasteiger charge is -2.26. The summed E-state index contributed by atoms with van der Waals surface area (Å²) >= 11 is 1.86. The maximum atomic E-state index is 2.39. The molecule has 11 rings (SSSR count). The minimum absolute atomic E-state index is 1.11. The van der Waals surface area contributed by atoms with Crippen molar-refractivity contribution >= 4 is 80.9 Å². The fraction of sp³-hybridized carbons (Fsp3) is 0. The maximum absolute atomic E-state index is 2.39. The Hall–Kier alpha value is -7.00. The third-order valence-electron chi connectivity index (χ3n) is 11.2. The molecule has 0 aliphatic heterocycles. The van der Waals surface area contributed by atoms with Crippen molar-refractivity contribution in [3.8, 4) is 33.4 Å². The fourth-order valence-electron chi connectivity index (χ4n) is 8.53. The van der Waals surface area contributed by atoms with Crippen LogP contribution in [-0.2, 0) is 0 Å². The predicted molar refractivity (Wildman–Crippen MR) is 243 cm³/mol. The van der Waals surface area contributed by atoms with E-state index in [4.69, 9.17) is 0 Å². The molecule has 0 aliphatic carbocycles. The minimum atomic E-state index is 1.11. The largest absolute Gasteiger partial charge is 0.310 e. The zero-order valence-electron chi connectivity index (χ0n) is 30.6. The van der Waals surface area contributed by atoms with Gasteiger partial charge in [0.15, 0.2) is 0 Å². The summed E-state index contributed by atoms with van der Waals surface area (Å²) in [5, 5.41) is 10.2. The Morgan fingerprint density at radius 3 is 1.64 bits per heavy atom. The normalized spacial score (nSPS) is 11.6. The molecule has 2 heteroatoms. The second-order valence-corrected chi connectivity index (χ2v) is 15.6. The number of nitrogens with zero attached hydrogens (tertiary/aromatic N) is 1. The highest BCUT2D eigenvalue weighted by Crippen LogP contribution is 2.43. The molecular weight excluding hydrogens is 695 g/mol. The van der Waals surface area contributed by atoms with Crippen molar-refractivity contribution in [3.05, 3.63) is 212 Å². The second-order valence-electron chi connectivity index (χ2n) is 14.5. The molecule has 1 heterocycles. The number of hydrogen-bond donors (Lipinski definition) is 0. The van der Waals surface area contributed by atoms with Gasteiger partial charge in [-0.1, -0.05) is 158 Å². The molecule has 0 amide bonds. The molecule has 1 aromatic heterocycles. The van der Waals surface area contributed by atoms with Crippen LogP contribution in [0.1, 0.15) is 0 Å². The molecule has 10 aromatic carbocycles. The molecule has 0 aliphatic rings. The smallest absolute Gasteiger partial charge is 0.0476 e. The number of rotatable bonds is 6. The van der Waals surface area contributed by atoms with E-state index in [9.17, 15) is 0 Å². The number of benzene rings is 10. The zero-order valence-corrected chi connectivity index (χ0v) is 31.4. The Morgan fingerprint density at radius 2 is 0.839 bits per heavy atom. The van der Waals surface area contributed by atoms with Gasteiger partial charge in [-0.3, -0.25) is 0 Å². The standard InChI is InChI=1S/C54H35NS/c1-3-16-45-37(11-1)13-10-21-46(45)40-15-9-14-39(33-40)36-23-27-42(28-24-36)55(44-31-32-51-50-20-7-8-22-53(50)56-54(51)35-44)43-29-25-38(26-30-43)52-34-41-12-2-4-17-47(41)48-18-5-6-19-49(48)52/h1-35H. The fourth-order valence-corrected chi connectivity index (χ4v) is 9.67. The van der Waals surface area contributed by atoms with Gasteiger partial charge in [0, 0.05) is 37.2 Å². The lowest BCUT2D eigenvalue weighted by molar-refractivity contribution is 1.29. The Labute approximate surface area is 330 Å². The first-order chi connectivity index (χ1) is 27.7. The average molecular weight is 730 g/mol. The average Bonchev–Trinajstić information content (AvgIpc) is 3.65. The van der Waals surface area contributed by atoms with E-state index in [1.54, 1.807) is 0 Å². The SMILES string of the molecule is c1cc(-c2ccc(N(c3ccc(-c4cc5ccccc5c5ccccc45)cc3)c3ccc4c(c3)sc3ccccc34)cc2)cc(-c2cccc3ccccc23)c1. The summed E-state index contributed by atoms with van der Waals surface area (Å²) in [6.07, 6.45) is 0. The lowest BCUT2D eigenvalue weighted by atomic mass is 9.93. The monoisotopic (exact) mass is 729 g/mol. The van der Waals surface area contributed by atoms with Gasteiger partial charge >= 0.3 is 0 Å². The van der Waals surface area contributed by atoms with Crippen molar-refractivity contribution < 1.29 is 0 Å². The first-order valence-electron chi connectivity index (χ1n) is 19.2. The van der Waals surface area contributed by atoms with E-state index in [0.717, 1.165) is 17.1 Å². The molecule has 0 N–H and O–H groups in total. The van der Waals surface area contributed by atoms with Gasteiger partial charge in [-0.05, 0) is 120 Å². The molecular formula is C54H35NS. The molecule has 0 atom stereocenters. The Morgan fingerprint density at radius 1 is 0.268 bits per heavy atom. The Balaban J connectivity index is 1.01. The summed E-state index contributed by atoms with van der Waals surface area (Å²) in [5.74, 6) is 0. The van der Waals surface area contributed by atoms with Crippen molar-refractivity contribution in [2.24, 2.45) is 0 Å². The van der Waals surface area contributed by atoms with Crippen LogP contribution in [-0.4, -0.2) is 0 Å². The number of hydrogen-bond acceptors (Lipinski definition) is 2. The molecule has 0 saturated heterocycles. The van der Waals surface area contributed by atoms with E-state index in [2.05, 4.69) is 217 Å². The van der Waals surface area contributed by atoms with Gasteiger partial charge in [-0.25, -0.2) is 0 Å². The first kappa shape index (κ1) is 32.4. The van der Waals surface area contributed by atoms with Gasteiger partial charge in [0.2, 0.25) is 0 Å². The number of anilines is 3. The van der Waals surface area contributed by atoms with Crippen LogP contribution < -0.4 is 4.90 Å². The van der Waals surface area contributed by atoms with Crippen molar-refractivity contribution in [2.45, 2.75) is 0 Å². The maximum Gasteiger partial charge on any atom is 0.0476 e. The molecule has 262 valence electrons. The Bertz CT molecular complexity index is 3240. The van der Waals surface area contributed by atoms with Crippen molar-refractivity contribution in [1.82, 2.24) is 0 Å². The third-order valence-corrected chi connectivity index (χ3v) is 12.4. The van der Waals surface area contributed by atoms with Crippen LogP contribution >= 0.6 is 11.3 Å². The molecule has 0 radical (unpaired) electrons. The van der Waals surface area contributed by atoms with Gasteiger partial charge in [-0.2, -0.15) is 0 Å². The van der Waals surface area contributed by atoms with Crippen LogP contribution in [0.15, 0.2) is 212 Å². The molecule has 1 nitrogen and oxygen atoms in total. The quantitative estimate of drug-likeness (QED) is 0.154. The summed E-state index contributed by atoms with van der Waals surface area (Å²) in [6.45, 7) is 0. The van der Waals surface area contributed by atoms with Crippen LogP contribution in [0, 0.1) is 0 Å². The van der Waals surface area contributed by atoms with Crippen molar-refractivity contribution in [2.75, 3.05) is 4.90 Å². The van der Waals surface area contributed by atoms with E-state index < -0.39 is 0 Å². The molecule has 0 spiro atoms. The van der Waals surface area contributed by atoms with E-state index in [0.29, 0.717) is 0 Å². The van der Waals surface area contributed by atoms with Gasteiger partial charge in [-0.15, -0.1) is 11.3 Å². The van der Waals surface area contributed by atoms with Crippen LogP contribution in [0.2, 0.25) is 0 Å². The van der Waals surface area contributed by atoms with Gasteiger partial charge < -0.3 is 4.90 Å². The number of thiophene rings is 1. The molecule has 0 saturated carbocycles. The van der Waals surface area contributed by atoms with Crippen LogP contribution in [0.5, 0.6) is 0 Å². The van der Waals surface area contributed by atoms with E-state index >= 15 is 0 Å².